The first-order chi connectivity index (χ1) is 11.7. The van der Waals surface area contributed by atoms with Crippen molar-refractivity contribution in [2.24, 2.45) is 0 Å². The molecular weight excluding hydrogens is 342 g/mol. The maximum absolute atomic E-state index is 11.7. The lowest BCUT2D eigenvalue weighted by atomic mass is 10.1. The van der Waals surface area contributed by atoms with E-state index >= 15 is 0 Å². The van der Waals surface area contributed by atoms with Crippen molar-refractivity contribution in [2.75, 3.05) is 11.1 Å². The van der Waals surface area contributed by atoms with Gasteiger partial charge in [0.25, 0.3) is 0 Å². The second-order valence-corrected chi connectivity index (χ2v) is 6.02. The van der Waals surface area contributed by atoms with Crippen LogP contribution in [0.2, 0.25) is 5.02 Å². The second kappa shape index (κ2) is 7.55. The number of nitrogens with one attached hydrogen (secondary N) is 1. The summed E-state index contributed by atoms with van der Waals surface area (Å²) in [6.07, 6.45) is 0. The summed E-state index contributed by atoms with van der Waals surface area (Å²) in [6.45, 7) is 0.566. The lowest BCUT2D eigenvalue weighted by molar-refractivity contribution is -0.113. The first-order valence-corrected chi connectivity index (χ1v) is 8.45. The summed E-state index contributed by atoms with van der Waals surface area (Å²) < 4.78 is 1.78. The molecule has 4 nitrogen and oxygen atoms in total. The fourth-order valence-corrected chi connectivity index (χ4v) is 2.54. The van der Waals surface area contributed by atoms with Gasteiger partial charge in [-0.3, -0.25) is 4.79 Å². The van der Waals surface area contributed by atoms with Gasteiger partial charge in [-0.1, -0.05) is 54.1 Å². The number of thiol groups is 1. The van der Waals surface area contributed by atoms with Crippen LogP contribution in [0.1, 0.15) is 5.56 Å². The predicted molar refractivity (Wildman–Crippen MR) is 101 cm³/mol. The van der Waals surface area contributed by atoms with E-state index in [2.05, 4.69) is 23.0 Å². The molecule has 0 aliphatic rings. The highest BCUT2D eigenvalue weighted by Gasteiger charge is 2.12. The Labute approximate surface area is 150 Å². The van der Waals surface area contributed by atoms with Gasteiger partial charge in [0.15, 0.2) is 0 Å². The molecular formula is C18H16ClN3OS. The Hall–Kier alpha value is -2.24. The number of anilines is 1. The SMILES string of the molecule is O=C(CS)Nc1cc(-c2ccc(Cl)cc2)nn1Cc1ccccc1. The van der Waals surface area contributed by atoms with Crippen LogP contribution < -0.4 is 5.32 Å². The average Bonchev–Trinajstić information content (AvgIpc) is 2.98. The highest BCUT2D eigenvalue weighted by molar-refractivity contribution is 7.81. The molecule has 0 fully saturated rings. The van der Waals surface area contributed by atoms with E-state index in [-0.39, 0.29) is 11.7 Å². The molecule has 1 N–H and O–H groups in total. The fourth-order valence-electron chi connectivity index (χ4n) is 2.34. The minimum absolute atomic E-state index is 0.118. The van der Waals surface area contributed by atoms with Gasteiger partial charge in [0.2, 0.25) is 5.91 Å². The fraction of sp³-hybridized carbons (Fsp3) is 0.111. The summed E-state index contributed by atoms with van der Waals surface area (Å²) in [5, 5.41) is 8.14. The molecule has 0 unspecified atom stereocenters. The summed E-state index contributed by atoms with van der Waals surface area (Å²) in [7, 11) is 0. The van der Waals surface area contributed by atoms with Gasteiger partial charge < -0.3 is 5.32 Å². The molecule has 0 bridgehead atoms. The summed E-state index contributed by atoms with van der Waals surface area (Å²) >= 11 is 9.95. The van der Waals surface area contributed by atoms with Gasteiger partial charge in [0, 0.05) is 16.7 Å². The Morgan fingerprint density at radius 1 is 1.12 bits per heavy atom. The lowest BCUT2D eigenvalue weighted by Crippen LogP contribution is -2.16. The molecule has 0 atom stereocenters. The average molecular weight is 358 g/mol. The van der Waals surface area contributed by atoms with Crippen molar-refractivity contribution in [1.29, 1.82) is 0 Å². The Morgan fingerprint density at radius 2 is 1.83 bits per heavy atom. The summed E-state index contributed by atoms with van der Waals surface area (Å²) in [5.41, 5.74) is 2.81. The van der Waals surface area contributed by atoms with Crippen LogP contribution in [-0.4, -0.2) is 21.4 Å². The van der Waals surface area contributed by atoms with Crippen LogP contribution in [0.15, 0.2) is 60.7 Å². The zero-order valence-electron chi connectivity index (χ0n) is 12.8. The highest BCUT2D eigenvalue weighted by Crippen LogP contribution is 2.24. The van der Waals surface area contributed by atoms with Gasteiger partial charge in [0.05, 0.1) is 18.0 Å². The number of aromatic nitrogens is 2. The molecule has 3 aromatic rings. The zero-order chi connectivity index (χ0) is 16.9. The standard InChI is InChI=1S/C18H16ClN3OS/c19-15-8-6-14(7-9-15)16-10-17(20-18(23)12-24)22(21-16)11-13-4-2-1-3-5-13/h1-10,24H,11-12H2,(H,20,23). The van der Waals surface area contributed by atoms with Crippen LogP contribution in [0.3, 0.4) is 0 Å². The van der Waals surface area contributed by atoms with Crippen LogP contribution >= 0.6 is 24.2 Å². The van der Waals surface area contributed by atoms with E-state index in [4.69, 9.17) is 11.6 Å². The van der Waals surface area contributed by atoms with E-state index in [0.29, 0.717) is 17.4 Å². The first kappa shape index (κ1) is 16.6. The number of carbonyl (C=O) groups is 1. The van der Waals surface area contributed by atoms with E-state index in [1.807, 2.05) is 60.7 Å². The third-order valence-electron chi connectivity index (χ3n) is 3.51. The number of amides is 1. The predicted octanol–water partition coefficient (Wildman–Crippen LogP) is 4.12. The molecule has 2 aromatic carbocycles. The van der Waals surface area contributed by atoms with Gasteiger partial charge >= 0.3 is 0 Å². The normalized spacial score (nSPS) is 10.6. The maximum atomic E-state index is 11.7. The molecule has 6 heteroatoms. The quantitative estimate of drug-likeness (QED) is 0.675. The molecule has 1 amide bonds. The number of halogens is 1. The van der Waals surface area contributed by atoms with Gasteiger partial charge in [0.1, 0.15) is 5.82 Å². The molecule has 24 heavy (non-hydrogen) atoms. The van der Waals surface area contributed by atoms with E-state index in [1.54, 1.807) is 4.68 Å². The van der Waals surface area contributed by atoms with Crippen molar-refractivity contribution in [1.82, 2.24) is 9.78 Å². The molecule has 0 aliphatic carbocycles. The molecule has 0 aliphatic heterocycles. The summed E-state index contributed by atoms with van der Waals surface area (Å²) in [5.74, 6) is 0.588. The molecule has 0 radical (unpaired) electrons. The van der Waals surface area contributed by atoms with Crippen LogP contribution in [-0.2, 0) is 11.3 Å². The van der Waals surface area contributed by atoms with Gasteiger partial charge in [-0.25, -0.2) is 4.68 Å². The van der Waals surface area contributed by atoms with Crippen LogP contribution in [0.4, 0.5) is 5.82 Å². The van der Waals surface area contributed by atoms with E-state index in [1.165, 1.54) is 0 Å². The molecule has 122 valence electrons. The monoisotopic (exact) mass is 357 g/mol. The van der Waals surface area contributed by atoms with Gasteiger partial charge in [-0.15, -0.1) is 0 Å². The molecule has 1 aromatic heterocycles. The number of rotatable bonds is 5. The number of hydrogen-bond acceptors (Lipinski definition) is 3. The van der Waals surface area contributed by atoms with Crippen molar-refractivity contribution in [3.05, 3.63) is 71.2 Å². The largest absolute Gasteiger partial charge is 0.310 e. The maximum Gasteiger partial charge on any atom is 0.235 e. The topological polar surface area (TPSA) is 46.9 Å². The zero-order valence-corrected chi connectivity index (χ0v) is 14.5. The van der Waals surface area contributed by atoms with E-state index in [0.717, 1.165) is 16.8 Å². The van der Waals surface area contributed by atoms with Crippen LogP contribution in [0.25, 0.3) is 11.3 Å². The molecule has 3 rings (SSSR count). The molecule has 1 heterocycles. The van der Waals surface area contributed by atoms with E-state index < -0.39 is 0 Å². The second-order valence-electron chi connectivity index (χ2n) is 5.27. The van der Waals surface area contributed by atoms with Crippen LogP contribution in [0.5, 0.6) is 0 Å². The number of carbonyl (C=O) groups excluding carboxylic acids is 1. The third-order valence-corrected chi connectivity index (χ3v) is 4.05. The smallest absolute Gasteiger partial charge is 0.235 e. The lowest BCUT2D eigenvalue weighted by Gasteiger charge is -2.08. The van der Waals surface area contributed by atoms with Gasteiger partial charge in [-0.2, -0.15) is 17.7 Å². The molecule has 0 spiro atoms. The van der Waals surface area contributed by atoms with Crippen molar-refractivity contribution in [3.63, 3.8) is 0 Å². The minimum atomic E-state index is -0.171. The molecule has 0 saturated heterocycles. The van der Waals surface area contributed by atoms with Crippen LogP contribution in [0, 0.1) is 0 Å². The first-order valence-electron chi connectivity index (χ1n) is 7.44. The van der Waals surface area contributed by atoms with E-state index in [9.17, 15) is 4.79 Å². The number of hydrogen-bond donors (Lipinski definition) is 2. The number of nitrogens with zero attached hydrogens (tertiary/aromatic N) is 2. The molecule has 0 saturated carbocycles. The van der Waals surface area contributed by atoms with Crippen molar-refractivity contribution < 1.29 is 4.79 Å². The Morgan fingerprint density at radius 3 is 2.50 bits per heavy atom. The summed E-state index contributed by atoms with van der Waals surface area (Å²) in [4.78, 5) is 11.7. The summed E-state index contributed by atoms with van der Waals surface area (Å²) in [6, 6.07) is 19.3. The Balaban J connectivity index is 1.95. The number of benzene rings is 2. The highest BCUT2D eigenvalue weighted by atomic mass is 35.5. The van der Waals surface area contributed by atoms with Crippen molar-refractivity contribution >= 4 is 36.0 Å². The third kappa shape index (κ3) is 3.99. The van der Waals surface area contributed by atoms with Crippen molar-refractivity contribution in [2.45, 2.75) is 6.54 Å². The Kier molecular flexibility index (Phi) is 5.23. The Bertz CT molecular complexity index is 831. The van der Waals surface area contributed by atoms with Crippen molar-refractivity contribution in [3.8, 4) is 11.3 Å². The minimum Gasteiger partial charge on any atom is -0.310 e. The van der Waals surface area contributed by atoms with Gasteiger partial charge in [-0.05, 0) is 17.7 Å².